The maximum atomic E-state index is 12.6. The smallest absolute Gasteiger partial charge is 0.261 e. The van der Waals surface area contributed by atoms with Crippen molar-refractivity contribution in [1.82, 2.24) is 14.5 Å². The first kappa shape index (κ1) is 14.9. The number of amides is 1. The Labute approximate surface area is 132 Å². The topological polar surface area (TPSA) is 76.9 Å². The third kappa shape index (κ3) is 2.96. The van der Waals surface area contributed by atoms with E-state index in [1.807, 2.05) is 13.0 Å². The van der Waals surface area contributed by atoms with Crippen molar-refractivity contribution in [2.24, 2.45) is 0 Å². The summed E-state index contributed by atoms with van der Waals surface area (Å²) >= 11 is 0. The molecule has 1 N–H and O–H groups in total. The number of fused-ring (bicyclic) bond motifs is 1. The SMILES string of the molecule is CC[C@H](C(=O)Nc1ccccn1)n1cnc2ccccc2c1=O. The van der Waals surface area contributed by atoms with Crippen LogP contribution < -0.4 is 10.9 Å². The van der Waals surface area contributed by atoms with Crippen molar-refractivity contribution in [3.8, 4) is 0 Å². The van der Waals surface area contributed by atoms with Gasteiger partial charge in [0.2, 0.25) is 5.91 Å². The maximum absolute atomic E-state index is 12.6. The summed E-state index contributed by atoms with van der Waals surface area (Å²) in [6.07, 6.45) is 3.50. The number of anilines is 1. The number of nitrogens with one attached hydrogen (secondary N) is 1. The number of hydrogen-bond acceptors (Lipinski definition) is 4. The van der Waals surface area contributed by atoms with Gasteiger partial charge < -0.3 is 5.32 Å². The first-order chi connectivity index (χ1) is 11.2. The van der Waals surface area contributed by atoms with Gasteiger partial charge in [-0.3, -0.25) is 14.2 Å². The Morgan fingerprint density at radius 2 is 1.96 bits per heavy atom. The van der Waals surface area contributed by atoms with E-state index in [1.165, 1.54) is 10.9 Å². The van der Waals surface area contributed by atoms with Crippen LogP contribution in [0.2, 0.25) is 0 Å². The molecule has 0 saturated carbocycles. The molecule has 0 unspecified atom stereocenters. The average molecular weight is 308 g/mol. The molecule has 0 radical (unpaired) electrons. The van der Waals surface area contributed by atoms with Crippen molar-refractivity contribution in [3.63, 3.8) is 0 Å². The summed E-state index contributed by atoms with van der Waals surface area (Å²) in [6, 6.07) is 11.7. The minimum atomic E-state index is -0.637. The number of para-hydroxylation sites is 1. The van der Waals surface area contributed by atoms with E-state index >= 15 is 0 Å². The van der Waals surface area contributed by atoms with Gasteiger partial charge in [0.1, 0.15) is 11.9 Å². The normalized spacial score (nSPS) is 12.0. The summed E-state index contributed by atoms with van der Waals surface area (Å²) < 4.78 is 1.38. The standard InChI is InChI=1S/C17H16N4O2/c1-2-14(16(22)20-15-9-5-6-10-18-15)21-11-19-13-8-4-3-7-12(13)17(21)23/h3-11,14H,2H2,1H3,(H,18,20,22)/t14-/m1/s1. The summed E-state index contributed by atoms with van der Waals surface area (Å²) in [4.78, 5) is 33.4. The Kier molecular flexibility index (Phi) is 4.14. The van der Waals surface area contributed by atoms with Crippen LogP contribution in [0.4, 0.5) is 5.82 Å². The minimum Gasteiger partial charge on any atom is -0.309 e. The van der Waals surface area contributed by atoms with Crippen LogP contribution in [0, 0.1) is 0 Å². The molecule has 2 aromatic heterocycles. The second-order valence-electron chi connectivity index (χ2n) is 5.10. The highest BCUT2D eigenvalue weighted by molar-refractivity contribution is 5.93. The predicted octanol–water partition coefficient (Wildman–Crippen LogP) is 2.38. The van der Waals surface area contributed by atoms with E-state index in [0.717, 1.165) is 0 Å². The van der Waals surface area contributed by atoms with Crippen LogP contribution in [-0.2, 0) is 4.79 Å². The number of rotatable bonds is 4. The molecule has 1 aromatic carbocycles. The van der Waals surface area contributed by atoms with Gasteiger partial charge >= 0.3 is 0 Å². The van der Waals surface area contributed by atoms with Gasteiger partial charge in [0.05, 0.1) is 17.2 Å². The highest BCUT2D eigenvalue weighted by Gasteiger charge is 2.21. The van der Waals surface area contributed by atoms with E-state index in [1.54, 1.807) is 42.6 Å². The molecule has 0 aliphatic carbocycles. The number of benzene rings is 1. The lowest BCUT2D eigenvalue weighted by Crippen LogP contribution is -2.33. The summed E-state index contributed by atoms with van der Waals surface area (Å²) in [5.41, 5.74) is 0.396. The van der Waals surface area contributed by atoms with Crippen LogP contribution in [0.15, 0.2) is 59.8 Å². The molecule has 1 atom stereocenters. The lowest BCUT2D eigenvalue weighted by Gasteiger charge is -2.17. The van der Waals surface area contributed by atoms with Gasteiger partial charge in [-0.05, 0) is 30.7 Å². The summed E-state index contributed by atoms with van der Waals surface area (Å²) in [5, 5.41) is 3.23. The number of aromatic nitrogens is 3. The maximum Gasteiger partial charge on any atom is 0.261 e. The average Bonchev–Trinajstić information content (AvgIpc) is 2.58. The zero-order chi connectivity index (χ0) is 16.2. The van der Waals surface area contributed by atoms with Gasteiger partial charge in [-0.1, -0.05) is 25.1 Å². The van der Waals surface area contributed by atoms with Crippen LogP contribution in [0.1, 0.15) is 19.4 Å². The first-order valence-corrected chi connectivity index (χ1v) is 7.38. The summed E-state index contributed by atoms with van der Waals surface area (Å²) in [7, 11) is 0. The second-order valence-corrected chi connectivity index (χ2v) is 5.10. The fourth-order valence-corrected chi connectivity index (χ4v) is 2.46. The van der Waals surface area contributed by atoms with Gasteiger partial charge in [0, 0.05) is 6.20 Å². The van der Waals surface area contributed by atoms with Crippen LogP contribution in [-0.4, -0.2) is 20.4 Å². The van der Waals surface area contributed by atoms with E-state index in [4.69, 9.17) is 0 Å². The van der Waals surface area contributed by atoms with E-state index < -0.39 is 6.04 Å². The molecule has 6 heteroatoms. The van der Waals surface area contributed by atoms with Gasteiger partial charge in [-0.25, -0.2) is 9.97 Å². The van der Waals surface area contributed by atoms with Crippen molar-refractivity contribution in [2.75, 3.05) is 5.32 Å². The largest absolute Gasteiger partial charge is 0.309 e. The molecule has 0 aliphatic heterocycles. The number of pyridine rings is 1. The molecule has 6 nitrogen and oxygen atoms in total. The van der Waals surface area contributed by atoms with Crippen LogP contribution in [0.5, 0.6) is 0 Å². The lowest BCUT2D eigenvalue weighted by atomic mass is 10.2. The van der Waals surface area contributed by atoms with Crippen molar-refractivity contribution < 1.29 is 4.79 Å². The molecule has 0 bridgehead atoms. The number of carbonyl (C=O) groups excluding carboxylic acids is 1. The zero-order valence-corrected chi connectivity index (χ0v) is 12.6. The Hall–Kier alpha value is -3.02. The minimum absolute atomic E-state index is 0.223. The second kappa shape index (κ2) is 6.39. The number of nitrogens with zero attached hydrogens (tertiary/aromatic N) is 3. The molecule has 0 saturated heterocycles. The van der Waals surface area contributed by atoms with Crippen LogP contribution in [0.3, 0.4) is 0 Å². The lowest BCUT2D eigenvalue weighted by molar-refractivity contribution is -0.119. The van der Waals surface area contributed by atoms with Gasteiger partial charge in [-0.2, -0.15) is 0 Å². The Balaban J connectivity index is 1.96. The van der Waals surface area contributed by atoms with Crippen molar-refractivity contribution >= 4 is 22.6 Å². The van der Waals surface area contributed by atoms with E-state index in [0.29, 0.717) is 23.1 Å². The summed E-state index contributed by atoms with van der Waals surface area (Å²) in [5.74, 6) is 0.170. The third-order valence-electron chi connectivity index (χ3n) is 3.63. The highest BCUT2D eigenvalue weighted by Crippen LogP contribution is 2.14. The molecule has 0 spiro atoms. The Morgan fingerprint density at radius 3 is 2.70 bits per heavy atom. The van der Waals surface area contributed by atoms with Crippen molar-refractivity contribution in [2.45, 2.75) is 19.4 Å². The van der Waals surface area contributed by atoms with E-state index in [-0.39, 0.29) is 11.5 Å². The Morgan fingerprint density at radius 1 is 1.17 bits per heavy atom. The fourth-order valence-electron chi connectivity index (χ4n) is 2.46. The van der Waals surface area contributed by atoms with E-state index in [9.17, 15) is 9.59 Å². The highest BCUT2D eigenvalue weighted by atomic mass is 16.2. The molecular weight excluding hydrogens is 292 g/mol. The molecule has 23 heavy (non-hydrogen) atoms. The van der Waals surface area contributed by atoms with Gasteiger partial charge in [0.25, 0.3) is 5.56 Å². The molecule has 0 aliphatic rings. The Bertz CT molecular complexity index is 890. The van der Waals surface area contributed by atoms with Crippen molar-refractivity contribution in [3.05, 3.63) is 65.3 Å². The molecule has 3 rings (SSSR count). The molecule has 3 aromatic rings. The quantitative estimate of drug-likeness (QED) is 0.803. The van der Waals surface area contributed by atoms with Gasteiger partial charge in [0.15, 0.2) is 0 Å². The van der Waals surface area contributed by atoms with Crippen molar-refractivity contribution in [1.29, 1.82) is 0 Å². The molecular formula is C17H16N4O2. The molecule has 116 valence electrons. The van der Waals surface area contributed by atoms with E-state index in [2.05, 4.69) is 15.3 Å². The zero-order valence-electron chi connectivity index (χ0n) is 12.6. The number of hydrogen-bond donors (Lipinski definition) is 1. The van der Waals surface area contributed by atoms with Crippen LogP contribution >= 0.6 is 0 Å². The summed E-state index contributed by atoms with van der Waals surface area (Å²) in [6.45, 7) is 1.85. The van der Waals surface area contributed by atoms with Gasteiger partial charge in [-0.15, -0.1) is 0 Å². The third-order valence-corrected chi connectivity index (χ3v) is 3.63. The predicted molar refractivity (Wildman–Crippen MR) is 88.2 cm³/mol. The first-order valence-electron chi connectivity index (χ1n) is 7.38. The number of carbonyl (C=O) groups is 1. The fraction of sp³-hybridized carbons (Fsp3) is 0.176. The monoisotopic (exact) mass is 308 g/mol. The molecule has 1 amide bonds. The molecule has 2 heterocycles. The molecule has 0 fully saturated rings. The van der Waals surface area contributed by atoms with Crippen LogP contribution in [0.25, 0.3) is 10.9 Å².